The number of rotatable bonds is 7. The second-order valence-electron chi connectivity index (χ2n) is 5.41. The van der Waals surface area contributed by atoms with Crippen molar-refractivity contribution >= 4 is 5.78 Å². The normalized spacial score (nSPS) is 10.7. The highest BCUT2D eigenvalue weighted by molar-refractivity contribution is 5.98. The summed E-state index contributed by atoms with van der Waals surface area (Å²) in [6, 6.07) is 9.13. The summed E-state index contributed by atoms with van der Waals surface area (Å²) >= 11 is 0. The number of ether oxygens (including phenoxy) is 1. The molecular weight excluding hydrogens is 278 g/mol. The maximum absolute atomic E-state index is 12.4. The van der Waals surface area contributed by atoms with Crippen molar-refractivity contribution in [3.05, 3.63) is 52.8 Å². The van der Waals surface area contributed by atoms with Gasteiger partial charge in [-0.3, -0.25) is 4.79 Å². The minimum atomic E-state index is -0.102. The number of hydrogen-bond donors (Lipinski definition) is 1. The molecule has 22 heavy (non-hydrogen) atoms. The van der Waals surface area contributed by atoms with E-state index >= 15 is 0 Å². The highest BCUT2D eigenvalue weighted by Crippen LogP contribution is 2.20. The van der Waals surface area contributed by atoms with Crippen LogP contribution in [0, 0.1) is 13.8 Å². The van der Waals surface area contributed by atoms with Gasteiger partial charge < -0.3 is 14.4 Å². The zero-order chi connectivity index (χ0) is 16.1. The molecule has 0 fully saturated rings. The number of aliphatic hydroxyl groups is 1. The van der Waals surface area contributed by atoms with E-state index in [2.05, 4.69) is 11.5 Å². The van der Waals surface area contributed by atoms with Crippen molar-refractivity contribution in [3.8, 4) is 5.75 Å². The Morgan fingerprint density at radius 2 is 2.00 bits per heavy atom. The molecular formula is C18H23NO3. The summed E-state index contributed by atoms with van der Waals surface area (Å²) in [5, 5.41) is 9.28. The van der Waals surface area contributed by atoms with Crippen molar-refractivity contribution in [2.75, 3.05) is 6.61 Å². The molecule has 1 aromatic carbocycles. The maximum Gasteiger partial charge on any atom is 0.202 e. The number of nitrogens with zero attached hydrogens (tertiary/aromatic N) is 1. The zero-order valence-electron chi connectivity index (χ0n) is 13.4. The van der Waals surface area contributed by atoms with Crippen molar-refractivity contribution < 1.29 is 14.6 Å². The zero-order valence-corrected chi connectivity index (χ0v) is 13.4. The maximum atomic E-state index is 12.4. The molecule has 0 atom stereocenters. The Kier molecular flexibility index (Phi) is 5.39. The van der Waals surface area contributed by atoms with Gasteiger partial charge >= 0.3 is 0 Å². The summed E-state index contributed by atoms with van der Waals surface area (Å²) < 4.78 is 7.75. The average molecular weight is 301 g/mol. The molecule has 0 aliphatic rings. The van der Waals surface area contributed by atoms with Crippen LogP contribution in [0.15, 0.2) is 30.3 Å². The van der Waals surface area contributed by atoms with Crippen LogP contribution in [0.25, 0.3) is 0 Å². The van der Waals surface area contributed by atoms with Gasteiger partial charge in [0.2, 0.25) is 5.78 Å². The Hall–Kier alpha value is -2.07. The first-order chi connectivity index (χ1) is 10.6. The fraction of sp³-hybridized carbons (Fsp3) is 0.389. The lowest BCUT2D eigenvalue weighted by atomic mass is 10.1. The molecule has 0 radical (unpaired) electrons. The van der Waals surface area contributed by atoms with Crippen LogP contribution in [-0.4, -0.2) is 22.1 Å². The van der Waals surface area contributed by atoms with Gasteiger partial charge in [-0.25, -0.2) is 0 Å². The lowest BCUT2D eigenvalue weighted by molar-refractivity contribution is 0.0918. The SMILES string of the molecule is CCCn1c(C)cc(C(=O)COc2ccccc2CO)c1C. The molecule has 0 aliphatic carbocycles. The quantitative estimate of drug-likeness (QED) is 0.799. The second-order valence-corrected chi connectivity index (χ2v) is 5.41. The molecule has 0 saturated carbocycles. The van der Waals surface area contributed by atoms with Crippen LogP contribution in [0.3, 0.4) is 0 Å². The standard InChI is InChI=1S/C18H23NO3/c1-4-9-19-13(2)10-16(14(19)3)17(21)12-22-18-8-6-5-7-15(18)11-20/h5-8,10,20H,4,9,11-12H2,1-3H3. The van der Waals surface area contributed by atoms with E-state index in [-0.39, 0.29) is 19.0 Å². The molecule has 4 heteroatoms. The first kappa shape index (κ1) is 16.3. The minimum Gasteiger partial charge on any atom is -0.485 e. The lowest BCUT2D eigenvalue weighted by Gasteiger charge is -2.10. The Bertz CT molecular complexity index is 658. The predicted molar refractivity (Wildman–Crippen MR) is 86.4 cm³/mol. The number of aromatic nitrogens is 1. The van der Waals surface area contributed by atoms with E-state index < -0.39 is 0 Å². The van der Waals surface area contributed by atoms with Gasteiger partial charge in [-0.2, -0.15) is 0 Å². The van der Waals surface area contributed by atoms with E-state index in [9.17, 15) is 9.90 Å². The molecule has 0 saturated heterocycles. The average Bonchev–Trinajstić information content (AvgIpc) is 2.81. The first-order valence-corrected chi connectivity index (χ1v) is 7.60. The smallest absolute Gasteiger partial charge is 0.202 e. The van der Waals surface area contributed by atoms with E-state index in [1.165, 1.54) is 0 Å². The van der Waals surface area contributed by atoms with Crippen molar-refractivity contribution in [2.24, 2.45) is 0 Å². The lowest BCUT2D eigenvalue weighted by Crippen LogP contribution is -2.13. The number of carbonyl (C=O) groups is 1. The van der Waals surface area contributed by atoms with E-state index in [4.69, 9.17) is 4.74 Å². The molecule has 2 aromatic rings. The van der Waals surface area contributed by atoms with Gasteiger partial charge in [0.15, 0.2) is 6.61 Å². The first-order valence-electron chi connectivity index (χ1n) is 7.60. The predicted octanol–water partition coefficient (Wildman–Crippen LogP) is 3.27. The molecule has 1 heterocycles. The van der Waals surface area contributed by atoms with Gasteiger partial charge in [-0.15, -0.1) is 0 Å². The molecule has 0 amide bonds. The van der Waals surface area contributed by atoms with Crippen LogP contribution < -0.4 is 4.74 Å². The Morgan fingerprint density at radius 1 is 1.27 bits per heavy atom. The van der Waals surface area contributed by atoms with Crippen molar-refractivity contribution in [2.45, 2.75) is 40.3 Å². The monoisotopic (exact) mass is 301 g/mol. The molecule has 2 rings (SSSR count). The molecule has 0 spiro atoms. The van der Waals surface area contributed by atoms with Gasteiger partial charge in [0.1, 0.15) is 5.75 Å². The van der Waals surface area contributed by atoms with Crippen molar-refractivity contribution in [1.29, 1.82) is 0 Å². The highest BCUT2D eigenvalue weighted by atomic mass is 16.5. The van der Waals surface area contributed by atoms with Crippen LogP contribution in [0.5, 0.6) is 5.75 Å². The van der Waals surface area contributed by atoms with Crippen LogP contribution in [-0.2, 0) is 13.2 Å². The van der Waals surface area contributed by atoms with E-state index in [0.29, 0.717) is 16.9 Å². The largest absolute Gasteiger partial charge is 0.485 e. The van der Waals surface area contributed by atoms with E-state index in [1.54, 1.807) is 12.1 Å². The summed E-state index contributed by atoms with van der Waals surface area (Å²) in [6.07, 6.45) is 1.03. The molecule has 4 nitrogen and oxygen atoms in total. The number of aryl methyl sites for hydroxylation is 1. The number of hydrogen-bond acceptors (Lipinski definition) is 3. The summed E-state index contributed by atoms with van der Waals surface area (Å²) in [5.74, 6) is 0.518. The van der Waals surface area contributed by atoms with Crippen molar-refractivity contribution in [3.63, 3.8) is 0 Å². The minimum absolute atomic E-state index is 0.0204. The van der Waals surface area contributed by atoms with Gasteiger partial charge in [-0.1, -0.05) is 25.1 Å². The molecule has 1 aromatic heterocycles. The Morgan fingerprint density at radius 3 is 2.68 bits per heavy atom. The third kappa shape index (κ3) is 3.39. The summed E-state index contributed by atoms with van der Waals surface area (Å²) in [7, 11) is 0. The number of benzene rings is 1. The third-order valence-corrected chi connectivity index (χ3v) is 3.82. The topological polar surface area (TPSA) is 51.5 Å². The molecule has 0 bridgehead atoms. The summed E-state index contributed by atoms with van der Waals surface area (Å²) in [5.41, 5.74) is 3.49. The number of para-hydroxylation sites is 1. The summed E-state index contributed by atoms with van der Waals surface area (Å²) in [6.45, 7) is 6.90. The molecule has 118 valence electrons. The van der Waals surface area contributed by atoms with Crippen LogP contribution >= 0.6 is 0 Å². The van der Waals surface area contributed by atoms with E-state index in [0.717, 1.165) is 24.4 Å². The number of Topliss-reactive ketones (excluding diaryl/α,β-unsaturated/α-hetero) is 1. The van der Waals surface area contributed by atoms with Gasteiger partial charge in [0.25, 0.3) is 0 Å². The number of ketones is 1. The molecule has 0 aliphatic heterocycles. The fourth-order valence-electron chi connectivity index (χ4n) is 2.65. The van der Waals surface area contributed by atoms with Crippen molar-refractivity contribution in [1.82, 2.24) is 4.57 Å². The number of carbonyl (C=O) groups excluding carboxylic acids is 1. The summed E-state index contributed by atoms with van der Waals surface area (Å²) in [4.78, 5) is 12.4. The molecule has 0 unspecified atom stereocenters. The third-order valence-electron chi connectivity index (χ3n) is 3.82. The van der Waals surface area contributed by atoms with Crippen LogP contribution in [0.1, 0.15) is 40.7 Å². The van der Waals surface area contributed by atoms with Crippen LogP contribution in [0.2, 0.25) is 0 Å². The van der Waals surface area contributed by atoms with Gasteiger partial charge in [-0.05, 0) is 32.4 Å². The fourth-order valence-corrected chi connectivity index (χ4v) is 2.65. The van der Waals surface area contributed by atoms with Gasteiger partial charge in [0, 0.05) is 29.1 Å². The Balaban J connectivity index is 2.11. The highest BCUT2D eigenvalue weighted by Gasteiger charge is 2.16. The Labute approximate surface area is 131 Å². The van der Waals surface area contributed by atoms with E-state index in [1.807, 2.05) is 32.0 Å². The van der Waals surface area contributed by atoms with Gasteiger partial charge in [0.05, 0.1) is 6.61 Å². The second kappa shape index (κ2) is 7.27. The number of aliphatic hydroxyl groups excluding tert-OH is 1. The van der Waals surface area contributed by atoms with Crippen LogP contribution in [0.4, 0.5) is 0 Å². The molecule has 1 N–H and O–H groups in total.